The van der Waals surface area contributed by atoms with Crippen molar-refractivity contribution in [3.8, 4) is 5.75 Å². The number of carbonyl (C=O) groups excluding carboxylic acids is 1. The molecule has 1 N–H and O–H groups in total. The Morgan fingerprint density at radius 2 is 1.80 bits per heavy atom. The number of amides is 1. The predicted octanol–water partition coefficient (Wildman–Crippen LogP) is 6.95. The minimum atomic E-state index is -4.63. The molecule has 2 aromatic carbocycles. The van der Waals surface area contributed by atoms with Gasteiger partial charge in [-0.3, -0.25) is 4.79 Å². The lowest BCUT2D eigenvalue weighted by Gasteiger charge is -2.11. The van der Waals surface area contributed by atoms with Crippen molar-refractivity contribution in [1.29, 1.82) is 0 Å². The highest BCUT2D eigenvalue weighted by Crippen LogP contribution is 2.35. The summed E-state index contributed by atoms with van der Waals surface area (Å²) in [7, 11) is 0. The molecule has 0 aromatic heterocycles. The smallest absolute Gasteiger partial charge is 0.417 e. The van der Waals surface area contributed by atoms with Crippen molar-refractivity contribution in [3.63, 3.8) is 0 Å². The van der Waals surface area contributed by atoms with Crippen molar-refractivity contribution in [2.45, 2.75) is 38.8 Å². The molecule has 0 aliphatic rings. The fraction of sp³-hybridized carbons (Fsp3) is 0.333. The third kappa shape index (κ3) is 7.12. The minimum Gasteiger partial charge on any atom is -0.491 e. The number of rotatable bonds is 9. The Kier molecular flexibility index (Phi) is 9.36. The fourth-order valence-corrected chi connectivity index (χ4v) is 4.10. The van der Waals surface area contributed by atoms with Crippen LogP contribution in [0.1, 0.15) is 54.1 Å². The van der Waals surface area contributed by atoms with Crippen LogP contribution in [0.3, 0.4) is 0 Å². The molecule has 30 heavy (non-hydrogen) atoms. The molecule has 0 unspecified atom stereocenters. The molecule has 2 rings (SSSR count). The second kappa shape index (κ2) is 11.5. The van der Waals surface area contributed by atoms with Crippen LogP contribution in [-0.2, 0) is 6.18 Å². The van der Waals surface area contributed by atoms with E-state index in [1.54, 1.807) is 12.1 Å². The van der Waals surface area contributed by atoms with E-state index in [1.165, 1.54) is 24.8 Å². The first-order valence-corrected chi connectivity index (χ1v) is 10.9. The average molecular weight is 550 g/mol. The zero-order valence-corrected chi connectivity index (χ0v) is 19.4. The van der Waals surface area contributed by atoms with Crippen LogP contribution >= 0.6 is 31.9 Å². The molecule has 0 bridgehead atoms. The summed E-state index contributed by atoms with van der Waals surface area (Å²) in [4.78, 5) is 12.1. The van der Waals surface area contributed by atoms with E-state index in [0.717, 1.165) is 31.4 Å². The van der Waals surface area contributed by atoms with Crippen molar-refractivity contribution in [1.82, 2.24) is 5.43 Å². The second-order valence-electron chi connectivity index (χ2n) is 6.47. The van der Waals surface area contributed by atoms with E-state index in [-0.39, 0.29) is 0 Å². The summed E-state index contributed by atoms with van der Waals surface area (Å²) in [5.74, 6) is -0.281. The summed E-state index contributed by atoms with van der Waals surface area (Å²) < 4.78 is 46.3. The minimum absolute atomic E-state index is 0.490. The van der Waals surface area contributed by atoms with Gasteiger partial charge in [-0.05, 0) is 68.1 Å². The van der Waals surface area contributed by atoms with Gasteiger partial charge in [-0.2, -0.15) is 18.3 Å². The predicted molar refractivity (Wildman–Crippen MR) is 118 cm³/mol. The zero-order valence-electron chi connectivity index (χ0n) is 16.2. The SMILES string of the molecule is CCCCCCOc1c(Br)cc(/C=N/NC(=O)c2ccccc2C(F)(F)F)cc1Br. The lowest BCUT2D eigenvalue weighted by Crippen LogP contribution is -2.22. The van der Waals surface area contributed by atoms with Crippen LogP contribution in [0.4, 0.5) is 13.2 Å². The van der Waals surface area contributed by atoms with Gasteiger partial charge in [0.2, 0.25) is 0 Å². The van der Waals surface area contributed by atoms with Gasteiger partial charge >= 0.3 is 6.18 Å². The highest BCUT2D eigenvalue weighted by molar-refractivity contribution is 9.11. The number of benzene rings is 2. The molecule has 0 saturated heterocycles. The molecule has 0 spiro atoms. The molecule has 0 fully saturated rings. The molecule has 162 valence electrons. The maximum atomic E-state index is 13.0. The highest BCUT2D eigenvalue weighted by atomic mass is 79.9. The van der Waals surface area contributed by atoms with Gasteiger partial charge in [-0.1, -0.05) is 38.3 Å². The van der Waals surface area contributed by atoms with Gasteiger partial charge < -0.3 is 4.74 Å². The van der Waals surface area contributed by atoms with Gasteiger partial charge in [0, 0.05) is 0 Å². The molecule has 0 aliphatic heterocycles. The van der Waals surface area contributed by atoms with Crippen LogP contribution in [-0.4, -0.2) is 18.7 Å². The summed E-state index contributed by atoms with van der Waals surface area (Å²) in [5.41, 5.74) is 1.26. The number of nitrogens with one attached hydrogen (secondary N) is 1. The van der Waals surface area contributed by atoms with Crippen LogP contribution in [0.2, 0.25) is 0 Å². The second-order valence-corrected chi connectivity index (χ2v) is 8.17. The molecular weight excluding hydrogens is 529 g/mol. The normalized spacial score (nSPS) is 11.7. The van der Waals surface area contributed by atoms with E-state index in [0.29, 0.717) is 26.9 Å². The Labute approximate surface area is 190 Å². The Morgan fingerprint density at radius 3 is 2.43 bits per heavy atom. The van der Waals surface area contributed by atoms with Crippen LogP contribution in [0.25, 0.3) is 0 Å². The number of unbranched alkanes of at least 4 members (excludes halogenated alkanes) is 3. The van der Waals surface area contributed by atoms with Gasteiger partial charge in [0.05, 0.1) is 32.9 Å². The largest absolute Gasteiger partial charge is 0.491 e. The van der Waals surface area contributed by atoms with Crippen molar-refractivity contribution in [2.24, 2.45) is 5.10 Å². The molecule has 1 amide bonds. The van der Waals surface area contributed by atoms with E-state index in [9.17, 15) is 18.0 Å². The van der Waals surface area contributed by atoms with E-state index >= 15 is 0 Å². The van der Waals surface area contributed by atoms with Crippen molar-refractivity contribution in [2.75, 3.05) is 6.61 Å². The average Bonchev–Trinajstić information content (AvgIpc) is 2.69. The summed E-state index contributed by atoms with van der Waals surface area (Å²) in [6.07, 6.45) is 1.10. The third-order valence-electron chi connectivity index (χ3n) is 4.12. The van der Waals surface area contributed by atoms with Gasteiger partial charge in [0.1, 0.15) is 5.75 Å². The first-order chi connectivity index (χ1) is 14.2. The van der Waals surface area contributed by atoms with E-state index in [1.807, 2.05) is 0 Å². The fourth-order valence-electron chi connectivity index (χ4n) is 2.65. The number of carbonyl (C=O) groups is 1. The van der Waals surface area contributed by atoms with Crippen molar-refractivity contribution < 1.29 is 22.7 Å². The zero-order chi connectivity index (χ0) is 22.1. The van der Waals surface area contributed by atoms with Crippen LogP contribution in [0.15, 0.2) is 50.4 Å². The topological polar surface area (TPSA) is 50.7 Å². The molecule has 2 aromatic rings. The number of hydrogen-bond donors (Lipinski definition) is 1. The van der Waals surface area contributed by atoms with E-state index < -0.39 is 23.2 Å². The van der Waals surface area contributed by atoms with Gasteiger partial charge in [-0.15, -0.1) is 0 Å². The van der Waals surface area contributed by atoms with Crippen LogP contribution < -0.4 is 10.2 Å². The summed E-state index contributed by atoms with van der Waals surface area (Å²) in [5, 5.41) is 3.77. The van der Waals surface area contributed by atoms with E-state index in [2.05, 4.69) is 49.3 Å². The Bertz CT molecular complexity index is 879. The number of halogens is 5. The number of hydrogen-bond acceptors (Lipinski definition) is 3. The van der Waals surface area contributed by atoms with Crippen LogP contribution in [0.5, 0.6) is 5.75 Å². The van der Waals surface area contributed by atoms with Crippen molar-refractivity contribution >= 4 is 44.0 Å². The summed E-state index contributed by atoms with van der Waals surface area (Å²) >= 11 is 6.88. The molecule has 0 radical (unpaired) electrons. The molecule has 9 heteroatoms. The number of alkyl halides is 3. The van der Waals surface area contributed by atoms with Crippen LogP contribution in [0, 0.1) is 0 Å². The first-order valence-electron chi connectivity index (χ1n) is 9.35. The molecule has 0 heterocycles. The highest BCUT2D eigenvalue weighted by Gasteiger charge is 2.34. The maximum absolute atomic E-state index is 13.0. The van der Waals surface area contributed by atoms with Gasteiger partial charge in [0.15, 0.2) is 0 Å². The molecule has 0 aliphatic carbocycles. The Balaban J connectivity index is 2.03. The number of ether oxygens (including phenoxy) is 1. The summed E-state index contributed by atoms with van der Waals surface area (Å²) in [6.45, 7) is 2.74. The molecule has 4 nitrogen and oxygen atoms in total. The van der Waals surface area contributed by atoms with Gasteiger partial charge in [-0.25, -0.2) is 5.43 Å². The lowest BCUT2D eigenvalue weighted by molar-refractivity contribution is -0.137. The quantitative estimate of drug-likeness (QED) is 0.209. The maximum Gasteiger partial charge on any atom is 0.417 e. The molecular formula is C21H21Br2F3N2O2. The standard InChI is InChI=1S/C21H21Br2F3N2O2/c1-2-3-4-7-10-30-19-17(22)11-14(12-18(19)23)13-27-28-20(29)15-8-5-6-9-16(15)21(24,25)26/h5-6,8-9,11-13H,2-4,7,10H2,1H3,(H,28,29)/b27-13+. The van der Waals surface area contributed by atoms with E-state index in [4.69, 9.17) is 4.74 Å². The number of hydrazone groups is 1. The molecule has 0 atom stereocenters. The monoisotopic (exact) mass is 548 g/mol. The Hall–Kier alpha value is -1.87. The molecule has 0 saturated carbocycles. The summed E-state index contributed by atoms with van der Waals surface area (Å²) in [6, 6.07) is 8.03. The van der Waals surface area contributed by atoms with Gasteiger partial charge in [0.25, 0.3) is 5.91 Å². The van der Waals surface area contributed by atoms with Crippen molar-refractivity contribution in [3.05, 3.63) is 62.0 Å². The first kappa shape index (κ1) is 24.4. The number of nitrogens with zero attached hydrogens (tertiary/aromatic N) is 1. The third-order valence-corrected chi connectivity index (χ3v) is 5.30. The Morgan fingerprint density at radius 1 is 1.13 bits per heavy atom. The lowest BCUT2D eigenvalue weighted by atomic mass is 10.1.